The number of hydrogen-bond acceptors (Lipinski definition) is 4. The van der Waals surface area contributed by atoms with Crippen molar-refractivity contribution in [2.45, 2.75) is 33.2 Å². The van der Waals surface area contributed by atoms with Crippen molar-refractivity contribution in [2.24, 2.45) is 0 Å². The third kappa shape index (κ3) is 3.92. The van der Waals surface area contributed by atoms with Gasteiger partial charge in [0.1, 0.15) is 0 Å². The van der Waals surface area contributed by atoms with Gasteiger partial charge in [0.25, 0.3) is 0 Å². The van der Waals surface area contributed by atoms with E-state index in [0.29, 0.717) is 0 Å². The smallest absolute Gasteiger partial charge is 0.239 e. The molecule has 5 heteroatoms. The molecule has 0 unspecified atom stereocenters. The van der Waals surface area contributed by atoms with Crippen LogP contribution in [0.15, 0.2) is 18.2 Å². The van der Waals surface area contributed by atoms with Crippen LogP contribution in [-0.2, 0) is 4.79 Å². The van der Waals surface area contributed by atoms with Gasteiger partial charge in [-0.25, -0.2) is 4.98 Å². The van der Waals surface area contributed by atoms with E-state index in [4.69, 9.17) is 0 Å². The van der Waals surface area contributed by atoms with Gasteiger partial charge in [0, 0.05) is 5.54 Å². The van der Waals surface area contributed by atoms with Gasteiger partial charge >= 0.3 is 0 Å². The number of anilines is 1. The first-order valence-electron chi connectivity index (χ1n) is 6.25. The number of hydrogen-bond donors (Lipinski definition) is 2. The molecule has 0 aliphatic rings. The molecule has 0 radical (unpaired) electrons. The molecule has 0 saturated heterocycles. The Hall–Kier alpha value is -1.62. The van der Waals surface area contributed by atoms with Crippen LogP contribution in [-0.4, -0.2) is 23.0 Å². The highest BCUT2D eigenvalue weighted by Crippen LogP contribution is 2.26. The maximum Gasteiger partial charge on any atom is 0.239 e. The quantitative estimate of drug-likeness (QED) is 0.907. The van der Waals surface area contributed by atoms with Crippen molar-refractivity contribution in [2.75, 3.05) is 11.9 Å². The van der Waals surface area contributed by atoms with Gasteiger partial charge in [0.05, 0.1) is 16.8 Å². The SMILES string of the molecule is Cc1ccc2nc(NCC(=O)NC(C)(C)C)sc2c1. The van der Waals surface area contributed by atoms with Crippen molar-refractivity contribution in [3.8, 4) is 0 Å². The number of nitrogens with zero attached hydrogens (tertiary/aromatic N) is 1. The molecule has 1 amide bonds. The number of thiazole rings is 1. The topological polar surface area (TPSA) is 54.0 Å². The molecule has 1 aromatic heterocycles. The van der Waals surface area contributed by atoms with Crippen LogP contribution in [0.1, 0.15) is 26.3 Å². The molecule has 1 heterocycles. The van der Waals surface area contributed by atoms with Crippen molar-refractivity contribution in [3.63, 3.8) is 0 Å². The summed E-state index contributed by atoms with van der Waals surface area (Å²) in [4.78, 5) is 16.2. The second kappa shape index (κ2) is 5.17. The molecule has 0 aliphatic carbocycles. The molecule has 0 saturated carbocycles. The Morgan fingerprint density at radius 2 is 2.11 bits per heavy atom. The number of carbonyl (C=O) groups is 1. The molecule has 2 N–H and O–H groups in total. The fourth-order valence-electron chi connectivity index (χ4n) is 1.73. The average Bonchev–Trinajstić information content (AvgIpc) is 2.66. The second-order valence-corrected chi connectivity index (χ2v) is 6.67. The van der Waals surface area contributed by atoms with Crippen molar-refractivity contribution >= 4 is 32.6 Å². The third-order valence-electron chi connectivity index (χ3n) is 2.46. The summed E-state index contributed by atoms with van der Waals surface area (Å²) >= 11 is 1.57. The molecular weight excluding hydrogens is 258 g/mol. The predicted molar refractivity (Wildman–Crippen MR) is 80.7 cm³/mol. The minimum Gasteiger partial charge on any atom is -0.352 e. The molecule has 0 bridgehead atoms. The van der Waals surface area contributed by atoms with Crippen LogP contribution in [0.2, 0.25) is 0 Å². The Morgan fingerprint density at radius 1 is 1.37 bits per heavy atom. The number of nitrogens with one attached hydrogen (secondary N) is 2. The van der Waals surface area contributed by atoms with E-state index >= 15 is 0 Å². The Kier molecular flexibility index (Phi) is 3.75. The molecule has 2 aromatic rings. The van der Waals surface area contributed by atoms with Crippen molar-refractivity contribution < 1.29 is 4.79 Å². The summed E-state index contributed by atoms with van der Waals surface area (Å²) in [6, 6.07) is 6.15. The zero-order chi connectivity index (χ0) is 14.0. The first-order valence-corrected chi connectivity index (χ1v) is 7.07. The number of benzene rings is 1. The minimum absolute atomic E-state index is 0.0251. The van der Waals surface area contributed by atoms with Gasteiger partial charge in [0.15, 0.2) is 5.13 Å². The molecule has 0 fully saturated rings. The second-order valence-electron chi connectivity index (χ2n) is 5.64. The molecule has 1 aromatic carbocycles. The fourth-order valence-corrected chi connectivity index (χ4v) is 2.69. The minimum atomic E-state index is -0.205. The molecule has 102 valence electrons. The predicted octanol–water partition coefficient (Wildman–Crippen LogP) is 2.93. The summed E-state index contributed by atoms with van der Waals surface area (Å²) in [5.41, 5.74) is 1.98. The van der Waals surface area contributed by atoms with E-state index in [1.165, 1.54) is 5.56 Å². The van der Waals surface area contributed by atoms with Gasteiger partial charge in [-0.15, -0.1) is 0 Å². The van der Waals surface area contributed by atoms with E-state index in [0.717, 1.165) is 15.3 Å². The number of aromatic nitrogens is 1. The lowest BCUT2D eigenvalue weighted by Crippen LogP contribution is -2.43. The normalized spacial score (nSPS) is 11.6. The largest absolute Gasteiger partial charge is 0.352 e. The summed E-state index contributed by atoms with van der Waals surface area (Å²) in [6.07, 6.45) is 0. The number of aryl methyl sites for hydroxylation is 1. The lowest BCUT2D eigenvalue weighted by atomic mass is 10.1. The summed E-state index contributed by atoms with van der Waals surface area (Å²) in [5.74, 6) is -0.0251. The van der Waals surface area contributed by atoms with Gasteiger partial charge in [-0.1, -0.05) is 17.4 Å². The highest BCUT2D eigenvalue weighted by Gasteiger charge is 2.13. The fraction of sp³-hybridized carbons (Fsp3) is 0.429. The maximum atomic E-state index is 11.7. The average molecular weight is 277 g/mol. The van der Waals surface area contributed by atoms with Crippen LogP contribution in [0.5, 0.6) is 0 Å². The summed E-state index contributed by atoms with van der Waals surface area (Å²) < 4.78 is 1.14. The van der Waals surface area contributed by atoms with Crippen LogP contribution in [0.3, 0.4) is 0 Å². The Balaban J connectivity index is 2.00. The van der Waals surface area contributed by atoms with Crippen LogP contribution >= 0.6 is 11.3 Å². The number of carbonyl (C=O) groups excluding carboxylic acids is 1. The maximum absolute atomic E-state index is 11.7. The van der Waals surface area contributed by atoms with Crippen LogP contribution in [0.25, 0.3) is 10.2 Å². The van der Waals surface area contributed by atoms with E-state index in [1.54, 1.807) is 11.3 Å². The highest BCUT2D eigenvalue weighted by molar-refractivity contribution is 7.22. The van der Waals surface area contributed by atoms with E-state index in [9.17, 15) is 4.79 Å². The first-order chi connectivity index (χ1) is 8.83. The highest BCUT2D eigenvalue weighted by atomic mass is 32.1. The lowest BCUT2D eigenvalue weighted by Gasteiger charge is -2.20. The van der Waals surface area contributed by atoms with E-state index in [-0.39, 0.29) is 18.0 Å². The molecule has 19 heavy (non-hydrogen) atoms. The molecular formula is C14H19N3OS. The standard InChI is InChI=1S/C14H19N3OS/c1-9-5-6-10-11(7-9)19-13(16-10)15-8-12(18)17-14(2,3)4/h5-7H,8H2,1-4H3,(H,15,16)(H,17,18). The Morgan fingerprint density at radius 3 is 2.79 bits per heavy atom. The number of fused-ring (bicyclic) bond motifs is 1. The zero-order valence-electron chi connectivity index (χ0n) is 11.7. The van der Waals surface area contributed by atoms with Gasteiger partial charge in [-0.3, -0.25) is 4.79 Å². The van der Waals surface area contributed by atoms with Crippen LogP contribution in [0, 0.1) is 6.92 Å². The van der Waals surface area contributed by atoms with Crippen molar-refractivity contribution in [1.82, 2.24) is 10.3 Å². The van der Waals surface area contributed by atoms with Crippen molar-refractivity contribution in [1.29, 1.82) is 0 Å². The van der Waals surface area contributed by atoms with E-state index in [1.807, 2.05) is 32.9 Å². The van der Waals surface area contributed by atoms with Crippen LogP contribution < -0.4 is 10.6 Å². The molecule has 0 spiro atoms. The van der Waals surface area contributed by atoms with E-state index in [2.05, 4.69) is 28.6 Å². The third-order valence-corrected chi connectivity index (χ3v) is 3.43. The van der Waals surface area contributed by atoms with Crippen LogP contribution in [0.4, 0.5) is 5.13 Å². The lowest BCUT2D eigenvalue weighted by molar-refractivity contribution is -0.120. The van der Waals surface area contributed by atoms with Gasteiger partial charge in [0.2, 0.25) is 5.91 Å². The number of amides is 1. The summed E-state index contributed by atoms with van der Waals surface area (Å²) in [5, 5.41) is 6.76. The van der Waals surface area contributed by atoms with Gasteiger partial charge in [-0.05, 0) is 45.4 Å². The molecule has 0 aliphatic heterocycles. The first kappa shape index (κ1) is 13.8. The summed E-state index contributed by atoms with van der Waals surface area (Å²) in [6.45, 7) is 8.20. The van der Waals surface area contributed by atoms with E-state index < -0.39 is 0 Å². The monoisotopic (exact) mass is 277 g/mol. The summed E-state index contributed by atoms with van der Waals surface area (Å²) in [7, 11) is 0. The molecule has 0 atom stereocenters. The Bertz CT molecular complexity index is 598. The van der Waals surface area contributed by atoms with Crippen molar-refractivity contribution in [3.05, 3.63) is 23.8 Å². The molecule has 2 rings (SSSR count). The molecule has 4 nitrogen and oxygen atoms in total. The Labute approximate surface area is 117 Å². The van der Waals surface area contributed by atoms with Gasteiger partial charge < -0.3 is 10.6 Å². The number of rotatable bonds is 3. The zero-order valence-corrected chi connectivity index (χ0v) is 12.5. The van der Waals surface area contributed by atoms with Gasteiger partial charge in [-0.2, -0.15) is 0 Å².